The molecule has 0 atom stereocenters. The van der Waals surface area contributed by atoms with Gasteiger partial charge in [-0.3, -0.25) is 0 Å². The first-order valence-electron chi connectivity index (χ1n) is 4.85. The molecule has 0 unspecified atom stereocenters. The molecule has 83 valence electrons. The quantitative estimate of drug-likeness (QED) is 0.754. The summed E-state index contributed by atoms with van der Waals surface area (Å²) in [4.78, 5) is 2.04. The number of rotatable bonds is 5. The Balaban J connectivity index is 2.40. The Labute approximate surface area is 88.9 Å². The van der Waals surface area contributed by atoms with Crippen molar-refractivity contribution in [2.75, 3.05) is 32.5 Å². The maximum atomic E-state index is 13.1. The zero-order valence-electron chi connectivity index (χ0n) is 8.98. The minimum atomic E-state index is -0.550. The highest BCUT2D eigenvalue weighted by Gasteiger charge is 2.02. The van der Waals surface area contributed by atoms with E-state index in [1.54, 1.807) is 0 Å². The van der Waals surface area contributed by atoms with Crippen molar-refractivity contribution in [1.82, 2.24) is 4.90 Å². The van der Waals surface area contributed by atoms with Crippen molar-refractivity contribution in [2.45, 2.75) is 6.42 Å². The average Bonchev–Trinajstić information content (AvgIpc) is 2.17. The Bertz CT molecular complexity index is 313. The number of nitrogens with one attached hydrogen (secondary N) is 1. The van der Waals surface area contributed by atoms with Gasteiger partial charge in [-0.2, -0.15) is 0 Å². The summed E-state index contributed by atoms with van der Waals surface area (Å²) >= 11 is 0. The molecule has 0 spiro atoms. The van der Waals surface area contributed by atoms with E-state index in [-0.39, 0.29) is 5.69 Å². The van der Waals surface area contributed by atoms with Crippen LogP contribution in [0.2, 0.25) is 0 Å². The molecule has 1 aromatic rings. The topological polar surface area (TPSA) is 15.3 Å². The Morgan fingerprint density at radius 3 is 2.80 bits per heavy atom. The number of nitrogens with zero attached hydrogens (tertiary/aromatic N) is 1. The molecule has 1 radical (unpaired) electrons. The number of hydrogen-bond donors (Lipinski definition) is 1. The molecule has 4 heteroatoms. The van der Waals surface area contributed by atoms with Crippen molar-refractivity contribution in [3.05, 3.63) is 29.8 Å². The summed E-state index contributed by atoms with van der Waals surface area (Å²) in [7, 11) is 3.94. The van der Waals surface area contributed by atoms with E-state index in [0.29, 0.717) is 6.54 Å². The third-order valence-corrected chi connectivity index (χ3v) is 1.96. The second-order valence-corrected chi connectivity index (χ2v) is 3.63. The first-order chi connectivity index (χ1) is 7.09. The Hall–Kier alpha value is -1.16. The Morgan fingerprint density at radius 2 is 2.13 bits per heavy atom. The molecular weight excluding hydrogens is 198 g/mol. The van der Waals surface area contributed by atoms with Crippen molar-refractivity contribution in [1.29, 1.82) is 0 Å². The van der Waals surface area contributed by atoms with E-state index in [1.807, 2.05) is 19.0 Å². The molecule has 0 aliphatic rings. The first kappa shape index (κ1) is 11.9. The molecular formula is C11H15F2N2. The van der Waals surface area contributed by atoms with Gasteiger partial charge in [-0.15, -0.1) is 0 Å². The molecule has 0 aliphatic carbocycles. The normalized spacial score (nSPS) is 10.7. The second kappa shape index (κ2) is 5.66. The van der Waals surface area contributed by atoms with E-state index in [0.717, 1.165) is 25.1 Å². The minimum absolute atomic E-state index is 0.199. The monoisotopic (exact) mass is 213 g/mol. The van der Waals surface area contributed by atoms with Gasteiger partial charge in [0.05, 0.1) is 5.69 Å². The van der Waals surface area contributed by atoms with E-state index in [4.69, 9.17) is 0 Å². The standard InChI is InChI=1S/C11H15F2N2/c1-15(2)7-3-6-14-11-8-9(12)4-5-10(11)13/h5,8,14H,3,6-7H2,1-2H3. The minimum Gasteiger partial charge on any atom is -0.383 e. The third-order valence-electron chi connectivity index (χ3n) is 1.96. The van der Waals surface area contributed by atoms with Crippen LogP contribution in [0.1, 0.15) is 6.42 Å². The molecule has 1 N–H and O–H groups in total. The van der Waals surface area contributed by atoms with E-state index in [1.165, 1.54) is 0 Å². The summed E-state index contributed by atoms with van der Waals surface area (Å²) < 4.78 is 25.8. The van der Waals surface area contributed by atoms with Crippen LogP contribution >= 0.6 is 0 Å². The summed E-state index contributed by atoms with van der Waals surface area (Å²) in [6, 6.07) is 4.28. The first-order valence-corrected chi connectivity index (χ1v) is 4.85. The lowest BCUT2D eigenvalue weighted by atomic mass is 10.3. The van der Waals surface area contributed by atoms with Gasteiger partial charge in [0.25, 0.3) is 0 Å². The number of halogens is 2. The lowest BCUT2D eigenvalue weighted by Crippen LogP contribution is -2.16. The highest BCUT2D eigenvalue weighted by atomic mass is 19.1. The zero-order valence-corrected chi connectivity index (χ0v) is 8.98. The van der Waals surface area contributed by atoms with Gasteiger partial charge in [0.15, 0.2) is 0 Å². The lowest BCUT2D eigenvalue weighted by molar-refractivity contribution is 0.405. The van der Waals surface area contributed by atoms with Crippen molar-refractivity contribution < 1.29 is 8.78 Å². The molecule has 0 amide bonds. The van der Waals surface area contributed by atoms with Gasteiger partial charge in [-0.05, 0) is 33.1 Å². The van der Waals surface area contributed by atoms with Crippen molar-refractivity contribution in [3.63, 3.8) is 0 Å². The van der Waals surface area contributed by atoms with Crippen molar-refractivity contribution >= 4 is 5.69 Å². The Kier molecular flexibility index (Phi) is 4.49. The van der Waals surface area contributed by atoms with Gasteiger partial charge in [0, 0.05) is 18.7 Å². The fraction of sp³-hybridized carbons (Fsp3) is 0.455. The molecule has 0 aliphatic heterocycles. The van der Waals surface area contributed by atoms with Crippen LogP contribution < -0.4 is 5.32 Å². The highest BCUT2D eigenvalue weighted by Crippen LogP contribution is 2.14. The molecule has 1 aromatic carbocycles. The predicted octanol–water partition coefficient (Wildman–Crippen LogP) is 2.13. The number of benzene rings is 1. The fourth-order valence-electron chi connectivity index (χ4n) is 1.20. The second-order valence-electron chi connectivity index (χ2n) is 3.63. The van der Waals surface area contributed by atoms with Gasteiger partial charge >= 0.3 is 0 Å². The summed E-state index contributed by atoms with van der Waals surface area (Å²) in [5, 5.41) is 2.85. The largest absolute Gasteiger partial charge is 0.383 e. The molecule has 0 fully saturated rings. The summed E-state index contributed by atoms with van der Waals surface area (Å²) in [5.74, 6) is -1.02. The number of hydrogen-bond acceptors (Lipinski definition) is 2. The Morgan fingerprint density at radius 1 is 1.40 bits per heavy atom. The van der Waals surface area contributed by atoms with Crippen LogP contribution in [0.25, 0.3) is 0 Å². The van der Waals surface area contributed by atoms with Gasteiger partial charge in [-0.1, -0.05) is 0 Å². The van der Waals surface area contributed by atoms with E-state index >= 15 is 0 Å². The van der Waals surface area contributed by atoms with Crippen molar-refractivity contribution in [3.8, 4) is 0 Å². The predicted molar refractivity (Wildman–Crippen MR) is 56.9 cm³/mol. The SMILES string of the molecule is CN(C)CCCNc1cc(F)[c]cc1F. The van der Waals surface area contributed by atoms with Crippen LogP contribution in [-0.4, -0.2) is 32.1 Å². The molecule has 0 bridgehead atoms. The molecule has 1 rings (SSSR count). The summed E-state index contributed by atoms with van der Waals surface area (Å²) in [6.07, 6.45) is 0.882. The van der Waals surface area contributed by atoms with Gasteiger partial charge in [0.2, 0.25) is 0 Å². The zero-order chi connectivity index (χ0) is 11.3. The van der Waals surface area contributed by atoms with Crippen LogP contribution in [0.5, 0.6) is 0 Å². The van der Waals surface area contributed by atoms with Crippen LogP contribution in [0, 0.1) is 17.7 Å². The maximum absolute atomic E-state index is 13.1. The molecule has 0 aromatic heterocycles. The van der Waals surface area contributed by atoms with Gasteiger partial charge < -0.3 is 10.2 Å². The summed E-state index contributed by atoms with van der Waals surface area (Å²) in [6.45, 7) is 1.54. The maximum Gasteiger partial charge on any atom is 0.147 e. The van der Waals surface area contributed by atoms with E-state index in [2.05, 4.69) is 11.4 Å². The van der Waals surface area contributed by atoms with Gasteiger partial charge in [-0.25, -0.2) is 8.78 Å². The third kappa shape index (κ3) is 4.25. The fourth-order valence-corrected chi connectivity index (χ4v) is 1.20. The van der Waals surface area contributed by atoms with E-state index < -0.39 is 11.6 Å². The highest BCUT2D eigenvalue weighted by molar-refractivity contribution is 5.44. The molecule has 0 saturated heterocycles. The smallest absolute Gasteiger partial charge is 0.147 e. The lowest BCUT2D eigenvalue weighted by Gasteiger charge is -2.11. The van der Waals surface area contributed by atoms with E-state index in [9.17, 15) is 8.78 Å². The average molecular weight is 213 g/mol. The van der Waals surface area contributed by atoms with Crippen LogP contribution in [0.4, 0.5) is 14.5 Å². The van der Waals surface area contributed by atoms with Crippen LogP contribution in [0.15, 0.2) is 12.1 Å². The molecule has 2 nitrogen and oxygen atoms in total. The molecule has 0 heterocycles. The molecule has 15 heavy (non-hydrogen) atoms. The van der Waals surface area contributed by atoms with Crippen LogP contribution in [-0.2, 0) is 0 Å². The van der Waals surface area contributed by atoms with Crippen molar-refractivity contribution in [2.24, 2.45) is 0 Å². The number of anilines is 1. The molecule has 0 saturated carbocycles. The summed E-state index contributed by atoms with van der Waals surface area (Å²) in [5.41, 5.74) is 0.199. The van der Waals surface area contributed by atoms with Crippen LogP contribution in [0.3, 0.4) is 0 Å². The van der Waals surface area contributed by atoms with Gasteiger partial charge in [0.1, 0.15) is 11.6 Å².